The SMILES string of the molecule is Cc1cc(NC(=O)CSC2=NC3(CCCC3)N=C2c2ccccc2)ccc1Br. The van der Waals surface area contributed by atoms with Crippen molar-refractivity contribution < 1.29 is 4.79 Å². The van der Waals surface area contributed by atoms with Crippen LogP contribution in [-0.4, -0.2) is 28.1 Å². The summed E-state index contributed by atoms with van der Waals surface area (Å²) in [5.74, 6) is 0.282. The zero-order valence-electron chi connectivity index (χ0n) is 15.7. The number of halogens is 1. The Balaban J connectivity index is 1.47. The van der Waals surface area contributed by atoms with Crippen LogP contribution in [0.3, 0.4) is 0 Å². The Morgan fingerprint density at radius 2 is 1.89 bits per heavy atom. The van der Waals surface area contributed by atoms with E-state index in [1.807, 2.05) is 43.3 Å². The first-order valence-corrected chi connectivity index (χ1v) is 11.3. The lowest BCUT2D eigenvalue weighted by Crippen LogP contribution is -2.17. The number of benzene rings is 2. The van der Waals surface area contributed by atoms with Gasteiger partial charge in [-0.3, -0.25) is 9.79 Å². The highest BCUT2D eigenvalue weighted by molar-refractivity contribution is 9.10. The summed E-state index contributed by atoms with van der Waals surface area (Å²) < 4.78 is 1.03. The first-order valence-electron chi connectivity index (χ1n) is 9.49. The van der Waals surface area contributed by atoms with Gasteiger partial charge in [0.05, 0.1) is 11.5 Å². The van der Waals surface area contributed by atoms with E-state index in [4.69, 9.17) is 9.98 Å². The van der Waals surface area contributed by atoms with Crippen LogP contribution in [0.4, 0.5) is 5.69 Å². The fourth-order valence-corrected chi connectivity index (χ4v) is 4.75. The van der Waals surface area contributed by atoms with E-state index < -0.39 is 0 Å². The van der Waals surface area contributed by atoms with Crippen LogP contribution in [0.25, 0.3) is 0 Å². The summed E-state index contributed by atoms with van der Waals surface area (Å²) in [5, 5.41) is 3.86. The molecule has 1 saturated carbocycles. The van der Waals surface area contributed by atoms with E-state index in [1.165, 1.54) is 11.8 Å². The maximum absolute atomic E-state index is 12.5. The van der Waals surface area contributed by atoms with Crippen LogP contribution in [-0.2, 0) is 4.79 Å². The number of carbonyl (C=O) groups excluding carboxylic acids is 1. The van der Waals surface area contributed by atoms with E-state index in [-0.39, 0.29) is 11.6 Å². The van der Waals surface area contributed by atoms with Gasteiger partial charge in [-0.1, -0.05) is 58.0 Å². The van der Waals surface area contributed by atoms with Crippen LogP contribution in [0.5, 0.6) is 0 Å². The second-order valence-corrected chi connectivity index (χ2v) is 9.05. The Hall–Kier alpha value is -1.92. The van der Waals surface area contributed by atoms with Gasteiger partial charge in [0.25, 0.3) is 0 Å². The number of rotatable bonds is 4. The third kappa shape index (κ3) is 4.23. The quantitative estimate of drug-likeness (QED) is 0.651. The molecular formula is C22H22BrN3OS. The topological polar surface area (TPSA) is 53.8 Å². The minimum absolute atomic E-state index is 0.0331. The van der Waals surface area contributed by atoms with Gasteiger partial charge in [-0.05, 0) is 56.4 Å². The van der Waals surface area contributed by atoms with Crippen molar-refractivity contribution in [3.05, 3.63) is 64.1 Å². The monoisotopic (exact) mass is 455 g/mol. The molecule has 0 radical (unpaired) electrons. The number of aliphatic imine (C=N–C) groups is 2. The molecule has 1 aliphatic carbocycles. The van der Waals surface area contributed by atoms with E-state index in [0.717, 1.165) is 57.7 Å². The zero-order valence-corrected chi connectivity index (χ0v) is 18.1. The Labute approximate surface area is 178 Å². The summed E-state index contributed by atoms with van der Waals surface area (Å²) in [7, 11) is 0. The van der Waals surface area contributed by atoms with Crippen molar-refractivity contribution in [1.29, 1.82) is 0 Å². The molecule has 0 saturated heterocycles. The first-order chi connectivity index (χ1) is 13.5. The second-order valence-electron chi connectivity index (χ2n) is 7.23. The molecule has 0 atom stereocenters. The smallest absolute Gasteiger partial charge is 0.234 e. The number of nitrogens with one attached hydrogen (secondary N) is 1. The Morgan fingerprint density at radius 1 is 1.14 bits per heavy atom. The largest absolute Gasteiger partial charge is 0.325 e. The lowest BCUT2D eigenvalue weighted by Gasteiger charge is -2.14. The molecule has 4 rings (SSSR count). The zero-order chi connectivity index (χ0) is 19.6. The van der Waals surface area contributed by atoms with Gasteiger partial charge in [0.15, 0.2) is 5.66 Å². The number of thioether (sulfide) groups is 1. The molecule has 4 nitrogen and oxygen atoms in total. The van der Waals surface area contributed by atoms with E-state index in [1.54, 1.807) is 0 Å². The molecule has 28 heavy (non-hydrogen) atoms. The fraction of sp³-hybridized carbons (Fsp3) is 0.318. The summed E-state index contributed by atoms with van der Waals surface area (Å²) in [6.45, 7) is 2.01. The first kappa shape index (κ1) is 19.4. The Bertz CT molecular complexity index is 950. The van der Waals surface area contributed by atoms with Crippen molar-refractivity contribution in [1.82, 2.24) is 0 Å². The molecule has 6 heteroatoms. The van der Waals surface area contributed by atoms with Gasteiger partial charge in [-0.2, -0.15) is 0 Å². The summed E-state index contributed by atoms with van der Waals surface area (Å²) in [6.07, 6.45) is 4.32. The van der Waals surface area contributed by atoms with Crippen molar-refractivity contribution in [3.63, 3.8) is 0 Å². The number of hydrogen-bond donors (Lipinski definition) is 1. The van der Waals surface area contributed by atoms with Crippen LogP contribution in [0.1, 0.15) is 36.8 Å². The minimum atomic E-state index is -0.299. The van der Waals surface area contributed by atoms with Gasteiger partial charge < -0.3 is 5.32 Å². The van der Waals surface area contributed by atoms with Crippen LogP contribution >= 0.6 is 27.7 Å². The van der Waals surface area contributed by atoms with Crippen LogP contribution in [0.15, 0.2) is 63.0 Å². The maximum atomic E-state index is 12.5. The number of carbonyl (C=O) groups is 1. The van der Waals surface area contributed by atoms with Gasteiger partial charge in [0, 0.05) is 15.7 Å². The molecule has 0 bridgehead atoms. The predicted octanol–water partition coefficient (Wildman–Crippen LogP) is 5.60. The van der Waals surface area contributed by atoms with Crippen molar-refractivity contribution >= 4 is 50.0 Å². The summed E-state index contributed by atoms with van der Waals surface area (Å²) in [5.41, 5.74) is 3.60. The van der Waals surface area contributed by atoms with Crippen molar-refractivity contribution in [3.8, 4) is 0 Å². The van der Waals surface area contributed by atoms with Crippen molar-refractivity contribution in [2.24, 2.45) is 9.98 Å². The van der Waals surface area contributed by atoms with E-state index in [0.29, 0.717) is 5.75 Å². The van der Waals surface area contributed by atoms with E-state index >= 15 is 0 Å². The van der Waals surface area contributed by atoms with Gasteiger partial charge in [0.1, 0.15) is 5.04 Å². The Kier molecular flexibility index (Phi) is 5.69. The van der Waals surface area contributed by atoms with Crippen molar-refractivity contribution in [2.75, 3.05) is 11.1 Å². The van der Waals surface area contributed by atoms with Gasteiger partial charge in [-0.15, -0.1) is 0 Å². The number of anilines is 1. The molecular weight excluding hydrogens is 434 g/mol. The predicted molar refractivity (Wildman–Crippen MR) is 122 cm³/mol. The molecule has 2 aromatic rings. The maximum Gasteiger partial charge on any atom is 0.234 e. The lowest BCUT2D eigenvalue weighted by atomic mass is 10.1. The highest BCUT2D eigenvalue weighted by Crippen LogP contribution is 2.40. The average Bonchev–Trinajstić information content (AvgIpc) is 3.31. The molecule has 1 N–H and O–H groups in total. The van der Waals surface area contributed by atoms with E-state index in [2.05, 4.69) is 33.4 Å². The minimum Gasteiger partial charge on any atom is -0.325 e. The Morgan fingerprint density at radius 3 is 2.61 bits per heavy atom. The standard InChI is InChI=1S/C22H22BrN3OS/c1-15-13-17(9-10-18(15)23)24-19(27)14-28-21-20(16-7-3-2-4-8-16)25-22(26-21)11-5-6-12-22/h2-4,7-10,13H,5-6,11-12,14H2,1H3,(H,24,27). The molecule has 1 aliphatic heterocycles. The molecule has 1 amide bonds. The van der Waals surface area contributed by atoms with Crippen LogP contribution in [0, 0.1) is 6.92 Å². The number of nitrogens with zero attached hydrogens (tertiary/aromatic N) is 2. The number of amides is 1. The third-order valence-corrected chi connectivity index (χ3v) is 6.92. The normalized spacial score (nSPS) is 17.5. The van der Waals surface area contributed by atoms with Crippen LogP contribution in [0.2, 0.25) is 0 Å². The van der Waals surface area contributed by atoms with Gasteiger partial charge >= 0.3 is 0 Å². The second kappa shape index (κ2) is 8.21. The summed E-state index contributed by atoms with van der Waals surface area (Å²) >= 11 is 4.96. The molecule has 1 heterocycles. The lowest BCUT2D eigenvalue weighted by molar-refractivity contribution is -0.113. The van der Waals surface area contributed by atoms with Gasteiger partial charge in [0.2, 0.25) is 5.91 Å². The third-order valence-electron chi connectivity index (χ3n) is 5.07. The van der Waals surface area contributed by atoms with Gasteiger partial charge in [-0.25, -0.2) is 4.99 Å². The molecule has 1 spiro atoms. The summed E-state index contributed by atoms with van der Waals surface area (Å²) in [4.78, 5) is 22.5. The summed E-state index contributed by atoms with van der Waals surface area (Å²) in [6, 6.07) is 16.0. The average molecular weight is 456 g/mol. The van der Waals surface area contributed by atoms with Crippen molar-refractivity contribution in [2.45, 2.75) is 38.3 Å². The fourth-order valence-electron chi connectivity index (χ4n) is 3.63. The number of hydrogen-bond acceptors (Lipinski definition) is 4. The van der Waals surface area contributed by atoms with Crippen LogP contribution < -0.4 is 5.32 Å². The molecule has 1 fully saturated rings. The number of aryl methyl sites for hydroxylation is 1. The molecule has 0 unspecified atom stereocenters. The highest BCUT2D eigenvalue weighted by Gasteiger charge is 2.39. The molecule has 144 valence electrons. The molecule has 2 aliphatic rings. The highest BCUT2D eigenvalue weighted by atomic mass is 79.9. The molecule has 2 aromatic carbocycles. The van der Waals surface area contributed by atoms with E-state index in [9.17, 15) is 4.79 Å². The molecule has 0 aromatic heterocycles.